The van der Waals surface area contributed by atoms with Crippen molar-refractivity contribution in [3.05, 3.63) is 118 Å². The van der Waals surface area contributed by atoms with E-state index in [4.69, 9.17) is 4.42 Å². The lowest BCUT2D eigenvalue weighted by Crippen LogP contribution is -2.30. The van der Waals surface area contributed by atoms with Crippen molar-refractivity contribution in [3.63, 3.8) is 0 Å². The summed E-state index contributed by atoms with van der Waals surface area (Å²) in [6.45, 7) is 0. The van der Waals surface area contributed by atoms with Gasteiger partial charge < -0.3 is 14.1 Å². The molecule has 0 aliphatic carbocycles. The molecule has 0 aliphatic rings. The minimum Gasteiger partial charge on any atom is -0.456 e. The fourth-order valence-corrected chi connectivity index (χ4v) is 4.30. The summed E-state index contributed by atoms with van der Waals surface area (Å²) < 4.78 is 7.90. The van der Waals surface area contributed by atoms with Gasteiger partial charge in [0.05, 0.1) is 46.4 Å². The highest BCUT2D eigenvalue weighted by molar-refractivity contribution is 5.95. The topological polar surface area (TPSA) is 142 Å². The van der Waals surface area contributed by atoms with E-state index in [1.54, 1.807) is 66.2 Å². The van der Waals surface area contributed by atoms with E-state index in [-0.39, 0.29) is 11.4 Å². The lowest BCUT2D eigenvalue weighted by atomic mass is 9.87. The molecular weight excluding hydrogens is 458 g/mol. The Morgan fingerprint density at radius 1 is 1.06 bits per heavy atom. The average Bonchev–Trinajstić information content (AvgIpc) is 3.54. The molecule has 0 radical (unpaired) electrons. The van der Waals surface area contributed by atoms with Crippen LogP contribution in [0.15, 0.2) is 83.7 Å². The molecule has 0 spiro atoms. The normalized spacial score (nSPS) is 12.6. The van der Waals surface area contributed by atoms with E-state index in [0.29, 0.717) is 44.5 Å². The number of furan rings is 1. The van der Waals surface area contributed by atoms with Crippen LogP contribution >= 0.6 is 0 Å². The number of hydrogen-bond donors (Lipinski definition) is 1. The lowest BCUT2D eigenvalue weighted by molar-refractivity contribution is -0.384. The van der Waals surface area contributed by atoms with E-state index in [9.17, 15) is 25.7 Å². The number of nitrogens with zero attached hydrogens (tertiary/aromatic N) is 5. The lowest BCUT2D eigenvalue weighted by Gasteiger charge is -2.27. The van der Waals surface area contributed by atoms with Gasteiger partial charge in [0.15, 0.2) is 5.60 Å². The second kappa shape index (κ2) is 8.51. The number of benzene rings is 3. The van der Waals surface area contributed by atoms with Crippen LogP contribution in [0.4, 0.5) is 5.69 Å². The summed E-state index contributed by atoms with van der Waals surface area (Å²) in [5.74, 6) is 0.115. The summed E-state index contributed by atoms with van der Waals surface area (Å²) in [5, 5.41) is 42.8. The zero-order valence-corrected chi connectivity index (χ0v) is 18.9. The van der Waals surface area contributed by atoms with Crippen LogP contribution in [-0.4, -0.2) is 19.6 Å². The standard InChI is InChI=1S/C27H17N5O4/c1-31-16-30-15-24(31)27(33,21-7-5-17(13-28)6-8-21)25-11-20-10-22(32(34)35)12-23(26(20)36-25)19-4-2-3-18(9-19)14-29/h2-12,15-16,33H,1H3. The van der Waals surface area contributed by atoms with E-state index in [1.165, 1.54) is 24.7 Å². The Morgan fingerprint density at radius 2 is 1.81 bits per heavy atom. The van der Waals surface area contributed by atoms with E-state index in [1.807, 2.05) is 0 Å². The van der Waals surface area contributed by atoms with Gasteiger partial charge in [-0.15, -0.1) is 0 Å². The summed E-state index contributed by atoms with van der Waals surface area (Å²) in [6, 6.07) is 21.5. The predicted octanol–water partition coefficient (Wildman–Crippen LogP) is 4.77. The number of aryl methyl sites for hydroxylation is 1. The Balaban J connectivity index is 1.81. The molecule has 0 saturated heterocycles. The SMILES string of the molecule is Cn1cncc1C(O)(c1ccc(C#N)cc1)c1cc2cc([N+](=O)[O-])cc(-c3cccc(C#N)c3)c2o1. The summed E-state index contributed by atoms with van der Waals surface area (Å²) in [5.41, 5.74) is 0.948. The Hall–Kier alpha value is -5.25. The molecule has 5 aromatic rings. The van der Waals surface area contributed by atoms with Crippen molar-refractivity contribution >= 4 is 16.7 Å². The number of imidazole rings is 1. The van der Waals surface area contributed by atoms with Crippen LogP contribution < -0.4 is 0 Å². The zero-order chi connectivity index (χ0) is 25.4. The van der Waals surface area contributed by atoms with Crippen molar-refractivity contribution in [2.24, 2.45) is 7.05 Å². The summed E-state index contributed by atoms with van der Waals surface area (Å²) >= 11 is 0. The number of nitriles is 2. The first kappa shape index (κ1) is 22.5. The Kier molecular flexibility index (Phi) is 5.33. The largest absolute Gasteiger partial charge is 0.456 e. The van der Waals surface area contributed by atoms with Crippen LogP contribution in [0.1, 0.15) is 28.1 Å². The van der Waals surface area contributed by atoms with Crippen LogP contribution in [0.3, 0.4) is 0 Å². The van der Waals surface area contributed by atoms with Gasteiger partial charge in [0.2, 0.25) is 0 Å². The third-order valence-electron chi connectivity index (χ3n) is 6.09. The molecule has 9 heteroatoms. The number of aromatic nitrogens is 2. The van der Waals surface area contributed by atoms with E-state index >= 15 is 0 Å². The van der Waals surface area contributed by atoms with Crippen molar-refractivity contribution < 1.29 is 14.4 Å². The van der Waals surface area contributed by atoms with E-state index in [2.05, 4.69) is 17.1 Å². The number of fused-ring (bicyclic) bond motifs is 1. The minimum absolute atomic E-state index is 0.115. The maximum Gasteiger partial charge on any atom is 0.270 e. The van der Waals surface area contributed by atoms with Gasteiger partial charge in [0.1, 0.15) is 11.3 Å². The predicted molar refractivity (Wildman–Crippen MR) is 129 cm³/mol. The fourth-order valence-electron chi connectivity index (χ4n) is 4.30. The van der Waals surface area contributed by atoms with Crippen LogP contribution in [0, 0.1) is 32.8 Å². The first-order valence-electron chi connectivity index (χ1n) is 10.8. The number of rotatable bonds is 5. The molecular formula is C27H17N5O4. The monoisotopic (exact) mass is 475 g/mol. The average molecular weight is 475 g/mol. The van der Waals surface area contributed by atoms with Gasteiger partial charge in [-0.05, 0) is 41.5 Å². The molecule has 0 amide bonds. The van der Waals surface area contributed by atoms with Crippen molar-refractivity contribution in [3.8, 4) is 23.3 Å². The third-order valence-corrected chi connectivity index (χ3v) is 6.09. The molecule has 0 aliphatic heterocycles. The molecule has 0 bridgehead atoms. The molecule has 0 saturated carbocycles. The quantitative estimate of drug-likeness (QED) is 0.285. The highest BCUT2D eigenvalue weighted by atomic mass is 16.6. The minimum atomic E-state index is -1.82. The molecule has 1 N–H and O–H groups in total. The van der Waals surface area contributed by atoms with Crippen LogP contribution in [-0.2, 0) is 12.6 Å². The Labute approximate surface area is 204 Å². The first-order valence-corrected chi connectivity index (χ1v) is 10.8. The van der Waals surface area contributed by atoms with Gasteiger partial charge in [-0.25, -0.2) is 4.98 Å². The number of non-ortho nitro benzene ring substituents is 1. The molecule has 1 unspecified atom stereocenters. The highest BCUT2D eigenvalue weighted by Gasteiger charge is 2.40. The van der Waals surface area contributed by atoms with Crippen molar-refractivity contribution in [2.45, 2.75) is 5.60 Å². The van der Waals surface area contributed by atoms with E-state index in [0.717, 1.165) is 0 Å². The fraction of sp³-hybridized carbons (Fsp3) is 0.0741. The van der Waals surface area contributed by atoms with Gasteiger partial charge in [0, 0.05) is 30.1 Å². The molecule has 9 nitrogen and oxygen atoms in total. The number of hydrogen-bond acceptors (Lipinski definition) is 7. The summed E-state index contributed by atoms with van der Waals surface area (Å²) in [7, 11) is 1.73. The summed E-state index contributed by atoms with van der Waals surface area (Å²) in [4.78, 5) is 15.3. The van der Waals surface area contributed by atoms with Crippen molar-refractivity contribution in [1.82, 2.24) is 9.55 Å². The molecule has 2 heterocycles. The van der Waals surface area contributed by atoms with Crippen LogP contribution in [0.2, 0.25) is 0 Å². The van der Waals surface area contributed by atoms with Crippen molar-refractivity contribution in [1.29, 1.82) is 10.5 Å². The number of aliphatic hydroxyl groups is 1. The Morgan fingerprint density at radius 3 is 2.44 bits per heavy atom. The molecule has 1 atom stereocenters. The van der Waals surface area contributed by atoms with Crippen molar-refractivity contribution in [2.75, 3.05) is 0 Å². The summed E-state index contributed by atoms with van der Waals surface area (Å²) in [6.07, 6.45) is 3.04. The van der Waals surface area contributed by atoms with Gasteiger partial charge in [-0.1, -0.05) is 24.3 Å². The van der Waals surface area contributed by atoms with Gasteiger partial charge >= 0.3 is 0 Å². The zero-order valence-electron chi connectivity index (χ0n) is 18.9. The maximum atomic E-state index is 12.2. The third kappa shape index (κ3) is 3.57. The maximum absolute atomic E-state index is 12.2. The second-order valence-electron chi connectivity index (χ2n) is 8.26. The van der Waals surface area contributed by atoms with Crippen LogP contribution in [0.25, 0.3) is 22.1 Å². The second-order valence-corrected chi connectivity index (χ2v) is 8.26. The first-order chi connectivity index (χ1) is 17.3. The molecule has 174 valence electrons. The molecule has 5 rings (SSSR count). The highest BCUT2D eigenvalue weighted by Crippen LogP contribution is 2.42. The van der Waals surface area contributed by atoms with E-state index < -0.39 is 10.5 Å². The van der Waals surface area contributed by atoms with Crippen LogP contribution in [0.5, 0.6) is 0 Å². The smallest absolute Gasteiger partial charge is 0.270 e. The Bertz CT molecular complexity index is 1720. The molecule has 0 fully saturated rings. The molecule has 2 aromatic heterocycles. The van der Waals surface area contributed by atoms with Gasteiger partial charge in [-0.3, -0.25) is 10.1 Å². The molecule has 36 heavy (non-hydrogen) atoms. The molecule has 3 aromatic carbocycles. The number of nitro groups is 1. The van der Waals surface area contributed by atoms with Gasteiger partial charge in [-0.2, -0.15) is 10.5 Å². The number of nitro benzene ring substituents is 1. The van der Waals surface area contributed by atoms with Gasteiger partial charge in [0.25, 0.3) is 5.69 Å².